The smallest absolute Gasteiger partial charge is 0.220 e. The van der Waals surface area contributed by atoms with E-state index >= 15 is 0 Å². The molecule has 3 nitrogen and oxygen atoms in total. The number of nitrogens with one attached hydrogen (secondary N) is 1. The topological polar surface area (TPSA) is 49.3 Å². The molecule has 0 heterocycles. The molecule has 4 heteroatoms. The average Bonchev–Trinajstić information content (AvgIpc) is 2.13. The monoisotopic (exact) mass is 261 g/mol. The molecule has 0 fully saturated rings. The molecule has 0 radical (unpaired) electrons. The molecule has 0 bridgehead atoms. The van der Waals surface area contributed by atoms with E-state index in [1.54, 1.807) is 18.7 Å². The Morgan fingerprint density at radius 2 is 1.88 bits per heavy atom. The summed E-state index contributed by atoms with van der Waals surface area (Å²) in [5.74, 6) is 0.976. The van der Waals surface area contributed by atoms with Crippen molar-refractivity contribution in [3.05, 3.63) is 0 Å². The first-order valence-electron chi connectivity index (χ1n) is 6.06. The van der Waals surface area contributed by atoms with E-state index in [2.05, 4.69) is 33.0 Å². The number of hydrogen-bond donors (Lipinski definition) is 2. The minimum atomic E-state index is -0.819. The van der Waals surface area contributed by atoms with E-state index in [1.165, 1.54) is 0 Å². The number of carbonyl (C=O) groups excluding carboxylic acids is 1. The maximum absolute atomic E-state index is 11.7. The highest BCUT2D eigenvalue weighted by atomic mass is 32.2. The molecule has 102 valence electrons. The summed E-state index contributed by atoms with van der Waals surface area (Å²) >= 11 is 1.58. The van der Waals surface area contributed by atoms with Crippen molar-refractivity contribution >= 4 is 17.7 Å². The summed E-state index contributed by atoms with van der Waals surface area (Å²) in [6, 6.07) is 0. The Morgan fingerprint density at radius 1 is 1.35 bits per heavy atom. The van der Waals surface area contributed by atoms with Gasteiger partial charge in [-0.3, -0.25) is 4.79 Å². The van der Waals surface area contributed by atoms with Crippen LogP contribution < -0.4 is 5.32 Å². The predicted octanol–water partition coefficient (Wildman–Crippen LogP) is 2.29. The van der Waals surface area contributed by atoms with Crippen LogP contribution in [0.25, 0.3) is 0 Å². The van der Waals surface area contributed by atoms with Crippen molar-refractivity contribution in [2.24, 2.45) is 11.3 Å². The van der Waals surface area contributed by atoms with Gasteiger partial charge in [-0.25, -0.2) is 0 Å². The van der Waals surface area contributed by atoms with Crippen molar-refractivity contribution in [3.8, 4) is 0 Å². The van der Waals surface area contributed by atoms with Crippen molar-refractivity contribution in [3.63, 3.8) is 0 Å². The van der Waals surface area contributed by atoms with Crippen molar-refractivity contribution in [2.75, 3.05) is 18.6 Å². The highest BCUT2D eigenvalue weighted by molar-refractivity contribution is 7.98. The zero-order chi connectivity index (χ0) is 13.7. The maximum atomic E-state index is 11.7. The van der Waals surface area contributed by atoms with Crippen LogP contribution in [0, 0.1) is 11.3 Å². The Balaban J connectivity index is 4.04. The zero-order valence-corrected chi connectivity index (χ0v) is 12.8. The number of rotatable bonds is 6. The average molecular weight is 261 g/mol. The Kier molecular flexibility index (Phi) is 6.56. The second kappa shape index (κ2) is 6.64. The molecule has 2 N–H and O–H groups in total. The van der Waals surface area contributed by atoms with Gasteiger partial charge in [0.25, 0.3) is 0 Å². The van der Waals surface area contributed by atoms with E-state index in [9.17, 15) is 9.90 Å². The van der Waals surface area contributed by atoms with Crippen LogP contribution in [-0.4, -0.2) is 35.2 Å². The maximum Gasteiger partial charge on any atom is 0.220 e. The van der Waals surface area contributed by atoms with Gasteiger partial charge in [0.1, 0.15) is 0 Å². The lowest BCUT2D eigenvalue weighted by Gasteiger charge is -2.27. The van der Waals surface area contributed by atoms with Crippen LogP contribution in [0.1, 0.15) is 41.0 Å². The zero-order valence-electron chi connectivity index (χ0n) is 12.0. The lowest BCUT2D eigenvalue weighted by atomic mass is 9.80. The third-order valence-corrected chi connectivity index (χ3v) is 4.00. The van der Waals surface area contributed by atoms with E-state index in [-0.39, 0.29) is 11.3 Å². The number of aliphatic hydroxyl groups is 1. The lowest BCUT2D eigenvalue weighted by Crippen LogP contribution is -2.43. The van der Waals surface area contributed by atoms with Gasteiger partial charge in [-0.05, 0) is 24.5 Å². The third kappa shape index (κ3) is 7.66. The molecule has 0 aliphatic heterocycles. The second-order valence-electron chi connectivity index (χ2n) is 6.18. The molecule has 1 amide bonds. The molecule has 0 spiro atoms. The highest BCUT2D eigenvalue weighted by Gasteiger charge is 2.24. The van der Waals surface area contributed by atoms with Crippen molar-refractivity contribution in [1.82, 2.24) is 5.32 Å². The van der Waals surface area contributed by atoms with Crippen molar-refractivity contribution < 1.29 is 9.90 Å². The molecule has 0 aliphatic rings. The summed E-state index contributed by atoms with van der Waals surface area (Å²) in [5, 5.41) is 12.7. The Hall–Kier alpha value is -0.220. The van der Waals surface area contributed by atoms with E-state index < -0.39 is 5.60 Å². The summed E-state index contributed by atoms with van der Waals surface area (Å²) in [6.45, 7) is 10.6. The van der Waals surface area contributed by atoms with Crippen LogP contribution in [0.15, 0.2) is 0 Å². The molecular formula is C13H27NO2S. The molecule has 17 heavy (non-hydrogen) atoms. The standard InChI is InChI=1S/C13H27NO2S/c1-10(12(2,3)4)7-11(15)14-8-13(5,16)9-17-6/h10,16H,7-9H2,1-6H3,(H,14,15). The van der Waals surface area contributed by atoms with Gasteiger partial charge in [0, 0.05) is 18.7 Å². The largest absolute Gasteiger partial charge is 0.387 e. The van der Waals surface area contributed by atoms with Crippen LogP contribution in [-0.2, 0) is 4.79 Å². The summed E-state index contributed by atoms with van der Waals surface area (Å²) < 4.78 is 0. The van der Waals surface area contributed by atoms with Crippen LogP contribution >= 0.6 is 11.8 Å². The first kappa shape index (κ1) is 16.8. The minimum Gasteiger partial charge on any atom is -0.387 e. The van der Waals surface area contributed by atoms with E-state index in [1.807, 2.05) is 6.26 Å². The van der Waals surface area contributed by atoms with Gasteiger partial charge in [-0.2, -0.15) is 11.8 Å². The summed E-state index contributed by atoms with van der Waals surface area (Å²) in [4.78, 5) is 11.7. The Bertz CT molecular complexity index is 246. The molecule has 0 aromatic carbocycles. The molecular weight excluding hydrogens is 234 g/mol. The minimum absolute atomic E-state index is 0.0220. The van der Waals surface area contributed by atoms with E-state index in [0.29, 0.717) is 24.6 Å². The van der Waals surface area contributed by atoms with Crippen LogP contribution in [0.4, 0.5) is 0 Å². The van der Waals surface area contributed by atoms with Gasteiger partial charge >= 0.3 is 0 Å². The fourth-order valence-corrected chi connectivity index (χ4v) is 2.03. The van der Waals surface area contributed by atoms with Crippen LogP contribution in [0.5, 0.6) is 0 Å². The van der Waals surface area contributed by atoms with Crippen LogP contribution in [0.3, 0.4) is 0 Å². The third-order valence-electron chi connectivity index (χ3n) is 3.09. The lowest BCUT2D eigenvalue weighted by molar-refractivity contribution is -0.123. The van der Waals surface area contributed by atoms with Gasteiger partial charge in [0.2, 0.25) is 5.91 Å². The summed E-state index contributed by atoms with van der Waals surface area (Å²) in [5.41, 5.74) is -0.681. The van der Waals surface area contributed by atoms with Gasteiger partial charge < -0.3 is 10.4 Å². The number of thioether (sulfide) groups is 1. The molecule has 0 aromatic rings. The van der Waals surface area contributed by atoms with E-state index in [4.69, 9.17) is 0 Å². The number of amides is 1. The SMILES string of the molecule is CSCC(C)(O)CNC(=O)CC(C)C(C)(C)C. The first-order valence-corrected chi connectivity index (χ1v) is 7.46. The second-order valence-corrected chi connectivity index (χ2v) is 7.04. The summed E-state index contributed by atoms with van der Waals surface area (Å²) in [7, 11) is 0. The molecule has 2 atom stereocenters. The molecule has 0 saturated carbocycles. The van der Waals surface area contributed by atoms with Gasteiger partial charge in [-0.15, -0.1) is 0 Å². The predicted molar refractivity (Wildman–Crippen MR) is 75.3 cm³/mol. The Labute approximate surface area is 110 Å². The number of hydrogen-bond acceptors (Lipinski definition) is 3. The van der Waals surface area contributed by atoms with Gasteiger partial charge in [-0.1, -0.05) is 27.7 Å². The van der Waals surface area contributed by atoms with Crippen molar-refractivity contribution in [1.29, 1.82) is 0 Å². The van der Waals surface area contributed by atoms with E-state index in [0.717, 1.165) is 0 Å². The fraction of sp³-hybridized carbons (Fsp3) is 0.923. The Morgan fingerprint density at radius 3 is 2.29 bits per heavy atom. The molecule has 0 saturated heterocycles. The number of carbonyl (C=O) groups is 1. The molecule has 0 rings (SSSR count). The quantitative estimate of drug-likeness (QED) is 0.771. The highest BCUT2D eigenvalue weighted by Crippen LogP contribution is 2.27. The normalized spacial score (nSPS) is 17.4. The molecule has 2 unspecified atom stereocenters. The molecule has 0 aliphatic carbocycles. The van der Waals surface area contributed by atoms with Gasteiger partial charge in [0.15, 0.2) is 0 Å². The summed E-state index contributed by atoms with van der Waals surface area (Å²) in [6.07, 6.45) is 2.46. The van der Waals surface area contributed by atoms with Crippen LogP contribution in [0.2, 0.25) is 0 Å². The molecule has 0 aromatic heterocycles. The first-order chi connectivity index (χ1) is 7.58. The fourth-order valence-electron chi connectivity index (χ4n) is 1.31. The van der Waals surface area contributed by atoms with Crippen molar-refractivity contribution in [2.45, 2.75) is 46.6 Å². The van der Waals surface area contributed by atoms with Gasteiger partial charge in [0.05, 0.1) is 5.60 Å².